The van der Waals surface area contributed by atoms with Crippen LogP contribution in [0.5, 0.6) is 17.2 Å². The van der Waals surface area contributed by atoms with Gasteiger partial charge in [0.1, 0.15) is 17.2 Å². The van der Waals surface area contributed by atoms with Gasteiger partial charge in [0.15, 0.2) is 6.61 Å². The predicted molar refractivity (Wildman–Crippen MR) is 96.2 cm³/mol. The molecule has 6 nitrogen and oxygen atoms in total. The molecule has 0 bridgehead atoms. The molecule has 0 saturated heterocycles. The van der Waals surface area contributed by atoms with E-state index in [1.807, 2.05) is 24.3 Å². The fourth-order valence-corrected chi connectivity index (χ4v) is 2.23. The summed E-state index contributed by atoms with van der Waals surface area (Å²) in [5, 5.41) is 22.6. The van der Waals surface area contributed by atoms with Gasteiger partial charge in [0.05, 0.1) is 6.21 Å². The number of para-hydroxylation sites is 1. The average Bonchev–Trinajstić information content (AvgIpc) is 2.61. The molecule has 0 saturated carbocycles. The Bertz CT molecular complexity index is 759. The van der Waals surface area contributed by atoms with E-state index >= 15 is 0 Å². The number of carbonyl (C=O) groups is 1. The molecule has 0 spiro atoms. The van der Waals surface area contributed by atoms with E-state index in [1.54, 1.807) is 0 Å². The maximum Gasteiger partial charge on any atom is 0.277 e. The molecule has 25 heavy (non-hydrogen) atoms. The van der Waals surface area contributed by atoms with Crippen LogP contribution in [0.1, 0.15) is 37.3 Å². The number of phenols is 2. The SMILES string of the molecule is CCC(C)c1ccccc1OCC(=O)N/N=C/c1ccc(O)cc1O. The van der Waals surface area contributed by atoms with Crippen molar-refractivity contribution in [3.8, 4) is 17.2 Å². The summed E-state index contributed by atoms with van der Waals surface area (Å²) in [6.45, 7) is 4.05. The topological polar surface area (TPSA) is 91.2 Å². The number of ether oxygens (including phenoxy) is 1. The molecule has 2 aromatic rings. The zero-order valence-electron chi connectivity index (χ0n) is 14.3. The highest BCUT2D eigenvalue weighted by atomic mass is 16.5. The van der Waals surface area contributed by atoms with Crippen molar-refractivity contribution in [1.82, 2.24) is 5.43 Å². The molecule has 1 unspecified atom stereocenters. The maximum absolute atomic E-state index is 11.8. The number of carbonyl (C=O) groups excluding carboxylic acids is 1. The molecule has 0 radical (unpaired) electrons. The van der Waals surface area contributed by atoms with Gasteiger partial charge in [-0.1, -0.05) is 32.0 Å². The first kappa shape index (κ1) is 18.3. The minimum Gasteiger partial charge on any atom is -0.508 e. The summed E-state index contributed by atoms with van der Waals surface area (Å²) in [7, 11) is 0. The number of hydrogen-bond donors (Lipinski definition) is 3. The lowest BCUT2D eigenvalue weighted by molar-refractivity contribution is -0.123. The number of aromatic hydroxyl groups is 2. The Kier molecular flexibility index (Phi) is 6.39. The molecule has 132 valence electrons. The molecular formula is C19H22N2O4. The molecule has 0 aliphatic rings. The highest BCUT2D eigenvalue weighted by Crippen LogP contribution is 2.28. The third-order valence-corrected chi connectivity index (χ3v) is 3.83. The normalized spacial score (nSPS) is 12.1. The number of nitrogens with one attached hydrogen (secondary N) is 1. The number of hydrogen-bond acceptors (Lipinski definition) is 5. The largest absolute Gasteiger partial charge is 0.508 e. The second-order valence-electron chi connectivity index (χ2n) is 5.67. The number of phenolic OH excluding ortho intramolecular Hbond substituents is 2. The van der Waals surface area contributed by atoms with Crippen LogP contribution >= 0.6 is 0 Å². The van der Waals surface area contributed by atoms with Gasteiger partial charge in [0.25, 0.3) is 5.91 Å². The summed E-state index contributed by atoms with van der Waals surface area (Å²) in [4.78, 5) is 11.8. The van der Waals surface area contributed by atoms with Crippen LogP contribution in [0.25, 0.3) is 0 Å². The summed E-state index contributed by atoms with van der Waals surface area (Å²) in [6, 6.07) is 11.7. The van der Waals surface area contributed by atoms with Gasteiger partial charge in [-0.15, -0.1) is 0 Å². The van der Waals surface area contributed by atoms with Crippen molar-refractivity contribution in [3.63, 3.8) is 0 Å². The summed E-state index contributed by atoms with van der Waals surface area (Å²) < 4.78 is 5.60. The van der Waals surface area contributed by atoms with Gasteiger partial charge >= 0.3 is 0 Å². The van der Waals surface area contributed by atoms with E-state index in [0.29, 0.717) is 17.2 Å². The van der Waals surface area contributed by atoms with Gasteiger partial charge in [-0.2, -0.15) is 5.10 Å². The van der Waals surface area contributed by atoms with Crippen LogP contribution in [0.4, 0.5) is 0 Å². The highest BCUT2D eigenvalue weighted by molar-refractivity contribution is 5.85. The molecule has 0 heterocycles. The zero-order valence-corrected chi connectivity index (χ0v) is 14.3. The Balaban J connectivity index is 1.90. The number of benzene rings is 2. The van der Waals surface area contributed by atoms with Gasteiger partial charge in [-0.25, -0.2) is 5.43 Å². The van der Waals surface area contributed by atoms with Gasteiger partial charge in [-0.3, -0.25) is 4.79 Å². The van der Waals surface area contributed by atoms with Crippen molar-refractivity contribution in [2.45, 2.75) is 26.2 Å². The van der Waals surface area contributed by atoms with Gasteiger partial charge in [-0.05, 0) is 36.1 Å². The van der Waals surface area contributed by atoms with Crippen LogP contribution in [0.2, 0.25) is 0 Å². The van der Waals surface area contributed by atoms with Crippen LogP contribution < -0.4 is 10.2 Å². The van der Waals surface area contributed by atoms with Crippen LogP contribution in [-0.4, -0.2) is 28.9 Å². The Morgan fingerprint density at radius 3 is 2.76 bits per heavy atom. The van der Waals surface area contributed by atoms with Crippen molar-refractivity contribution in [2.75, 3.05) is 6.61 Å². The molecule has 0 fully saturated rings. The van der Waals surface area contributed by atoms with E-state index in [9.17, 15) is 15.0 Å². The van der Waals surface area contributed by atoms with E-state index in [2.05, 4.69) is 24.4 Å². The Morgan fingerprint density at radius 2 is 2.04 bits per heavy atom. The minimum atomic E-state index is -0.409. The molecule has 0 aromatic heterocycles. The van der Waals surface area contributed by atoms with Crippen LogP contribution in [0.3, 0.4) is 0 Å². The molecule has 2 rings (SSSR count). The highest BCUT2D eigenvalue weighted by Gasteiger charge is 2.10. The molecule has 1 atom stereocenters. The fraction of sp³-hybridized carbons (Fsp3) is 0.263. The lowest BCUT2D eigenvalue weighted by atomic mass is 9.98. The van der Waals surface area contributed by atoms with Crippen molar-refractivity contribution in [1.29, 1.82) is 0 Å². The second-order valence-corrected chi connectivity index (χ2v) is 5.67. The minimum absolute atomic E-state index is 0.0490. The fourth-order valence-electron chi connectivity index (χ4n) is 2.23. The molecule has 3 N–H and O–H groups in total. The van der Waals surface area contributed by atoms with Crippen LogP contribution in [0, 0.1) is 0 Å². The van der Waals surface area contributed by atoms with Crippen molar-refractivity contribution in [3.05, 3.63) is 53.6 Å². The van der Waals surface area contributed by atoms with Crippen LogP contribution in [-0.2, 0) is 4.79 Å². The third kappa shape index (κ3) is 5.24. The second kappa shape index (κ2) is 8.73. The van der Waals surface area contributed by atoms with Crippen molar-refractivity contribution < 1.29 is 19.7 Å². The molecular weight excluding hydrogens is 320 g/mol. The van der Waals surface area contributed by atoms with Crippen molar-refractivity contribution >= 4 is 12.1 Å². The third-order valence-electron chi connectivity index (χ3n) is 3.83. The lowest BCUT2D eigenvalue weighted by Crippen LogP contribution is -2.25. The predicted octanol–water partition coefficient (Wildman–Crippen LogP) is 3.14. The smallest absolute Gasteiger partial charge is 0.277 e. The Hall–Kier alpha value is -3.02. The van der Waals surface area contributed by atoms with E-state index < -0.39 is 5.91 Å². The first-order valence-electron chi connectivity index (χ1n) is 8.06. The molecule has 0 aliphatic carbocycles. The van der Waals surface area contributed by atoms with Gasteiger partial charge < -0.3 is 14.9 Å². The van der Waals surface area contributed by atoms with E-state index in [4.69, 9.17) is 4.74 Å². The Labute approximate surface area is 146 Å². The number of hydrazone groups is 1. The summed E-state index contributed by atoms with van der Waals surface area (Å²) in [5.74, 6) is 0.444. The molecule has 6 heteroatoms. The lowest BCUT2D eigenvalue weighted by Gasteiger charge is -2.15. The number of nitrogens with zero attached hydrogens (tertiary/aromatic N) is 1. The van der Waals surface area contributed by atoms with E-state index in [1.165, 1.54) is 24.4 Å². The maximum atomic E-state index is 11.8. The van der Waals surface area contributed by atoms with Gasteiger partial charge in [0, 0.05) is 11.6 Å². The Morgan fingerprint density at radius 1 is 1.28 bits per heavy atom. The van der Waals surface area contributed by atoms with Crippen LogP contribution in [0.15, 0.2) is 47.6 Å². The molecule has 0 aliphatic heterocycles. The van der Waals surface area contributed by atoms with E-state index in [0.717, 1.165) is 12.0 Å². The van der Waals surface area contributed by atoms with Gasteiger partial charge in [0.2, 0.25) is 0 Å². The summed E-state index contributed by atoms with van der Waals surface area (Å²) in [6.07, 6.45) is 2.27. The quantitative estimate of drug-likeness (QED) is 0.532. The molecule has 1 amide bonds. The average molecular weight is 342 g/mol. The monoisotopic (exact) mass is 342 g/mol. The van der Waals surface area contributed by atoms with E-state index in [-0.39, 0.29) is 18.1 Å². The number of rotatable bonds is 7. The first-order chi connectivity index (χ1) is 12.0. The molecule has 2 aromatic carbocycles. The zero-order chi connectivity index (χ0) is 18.2. The standard InChI is InChI=1S/C19H22N2O4/c1-3-13(2)16-6-4-5-7-18(16)25-12-19(24)21-20-11-14-8-9-15(22)10-17(14)23/h4-11,13,22-23H,3,12H2,1-2H3,(H,21,24)/b20-11+. The van der Waals surface area contributed by atoms with Crippen molar-refractivity contribution in [2.24, 2.45) is 5.10 Å². The summed E-state index contributed by atoms with van der Waals surface area (Å²) >= 11 is 0. The number of amides is 1. The first-order valence-corrected chi connectivity index (χ1v) is 8.06. The summed E-state index contributed by atoms with van der Waals surface area (Å²) in [5.41, 5.74) is 3.78.